The van der Waals surface area contributed by atoms with Crippen LogP contribution in [0.3, 0.4) is 0 Å². The highest BCUT2D eigenvalue weighted by Gasteiger charge is 2.25. The molecule has 1 fully saturated rings. The molecule has 6 nitrogen and oxygen atoms in total. The largest absolute Gasteiger partial charge is 0.444 e. The van der Waals surface area contributed by atoms with Gasteiger partial charge in [0.25, 0.3) is 0 Å². The molecule has 0 bridgehead atoms. The number of amides is 1. The summed E-state index contributed by atoms with van der Waals surface area (Å²) in [6.45, 7) is 7.86. The molecule has 0 radical (unpaired) electrons. The van der Waals surface area contributed by atoms with E-state index in [1.165, 1.54) is 6.08 Å². The van der Waals surface area contributed by atoms with E-state index in [1.54, 1.807) is 4.90 Å². The Hall–Kier alpha value is -1.90. The monoisotopic (exact) mass is 252 g/mol. The van der Waals surface area contributed by atoms with E-state index in [0.29, 0.717) is 32.0 Å². The van der Waals surface area contributed by atoms with Crippen LogP contribution in [-0.2, 0) is 4.74 Å². The SMILES string of the molecule is CC(C)(C)OC(=O)N1CCN(/C(N)=C/C#N)CC1. The van der Waals surface area contributed by atoms with Crippen molar-refractivity contribution in [3.8, 4) is 6.07 Å². The standard InChI is InChI=1S/C12H20N4O2/c1-12(2,3)18-11(17)16-8-6-15(7-9-16)10(14)4-5-13/h4H,6-9,14H2,1-3H3/b10-4+. The van der Waals surface area contributed by atoms with E-state index >= 15 is 0 Å². The van der Waals surface area contributed by atoms with E-state index in [0.717, 1.165) is 0 Å². The number of hydrogen-bond acceptors (Lipinski definition) is 5. The van der Waals surface area contributed by atoms with Crippen LogP contribution < -0.4 is 5.73 Å². The molecule has 18 heavy (non-hydrogen) atoms. The van der Waals surface area contributed by atoms with Crippen molar-refractivity contribution < 1.29 is 9.53 Å². The van der Waals surface area contributed by atoms with E-state index in [1.807, 2.05) is 31.7 Å². The van der Waals surface area contributed by atoms with Crippen LogP contribution in [0.5, 0.6) is 0 Å². The minimum Gasteiger partial charge on any atom is -0.444 e. The molecule has 1 saturated heterocycles. The Bertz CT molecular complexity index is 371. The fraction of sp³-hybridized carbons (Fsp3) is 0.667. The third-order valence-electron chi connectivity index (χ3n) is 2.51. The van der Waals surface area contributed by atoms with Gasteiger partial charge in [-0.2, -0.15) is 5.26 Å². The molecule has 0 saturated carbocycles. The summed E-state index contributed by atoms with van der Waals surface area (Å²) in [5.74, 6) is 0.446. The lowest BCUT2D eigenvalue weighted by Gasteiger charge is -2.36. The maximum atomic E-state index is 11.8. The lowest BCUT2D eigenvalue weighted by Crippen LogP contribution is -2.50. The molecule has 0 spiro atoms. The molecule has 6 heteroatoms. The van der Waals surface area contributed by atoms with Crippen LogP contribution in [0.25, 0.3) is 0 Å². The smallest absolute Gasteiger partial charge is 0.410 e. The second-order valence-electron chi connectivity index (χ2n) is 5.15. The van der Waals surface area contributed by atoms with Crippen LogP contribution in [0.2, 0.25) is 0 Å². The van der Waals surface area contributed by atoms with Crippen LogP contribution in [0.15, 0.2) is 11.9 Å². The second kappa shape index (κ2) is 5.63. The maximum Gasteiger partial charge on any atom is 0.410 e. The first kappa shape index (κ1) is 14.2. The Morgan fingerprint density at radius 1 is 1.28 bits per heavy atom. The molecule has 0 aliphatic carbocycles. The molecule has 2 N–H and O–H groups in total. The third-order valence-corrected chi connectivity index (χ3v) is 2.51. The molecule has 1 rings (SSSR count). The van der Waals surface area contributed by atoms with Crippen LogP contribution in [0.1, 0.15) is 20.8 Å². The molecular formula is C12H20N4O2. The van der Waals surface area contributed by atoms with Gasteiger partial charge in [0, 0.05) is 26.2 Å². The Morgan fingerprint density at radius 3 is 2.22 bits per heavy atom. The van der Waals surface area contributed by atoms with Crippen molar-refractivity contribution in [1.29, 1.82) is 5.26 Å². The quantitative estimate of drug-likeness (QED) is 0.700. The topological polar surface area (TPSA) is 82.6 Å². The number of nitriles is 1. The highest BCUT2D eigenvalue weighted by Crippen LogP contribution is 2.12. The summed E-state index contributed by atoms with van der Waals surface area (Å²) in [5, 5.41) is 8.52. The first-order valence-corrected chi connectivity index (χ1v) is 5.91. The highest BCUT2D eigenvalue weighted by atomic mass is 16.6. The number of nitrogens with two attached hydrogens (primary N) is 1. The molecule has 100 valence electrons. The van der Waals surface area contributed by atoms with Crippen LogP contribution in [-0.4, -0.2) is 47.7 Å². The summed E-state index contributed by atoms with van der Waals surface area (Å²) in [5.41, 5.74) is 5.23. The zero-order valence-electron chi connectivity index (χ0n) is 11.1. The molecular weight excluding hydrogens is 232 g/mol. The first-order valence-electron chi connectivity index (χ1n) is 5.91. The van der Waals surface area contributed by atoms with E-state index in [-0.39, 0.29) is 6.09 Å². The zero-order chi connectivity index (χ0) is 13.8. The van der Waals surface area contributed by atoms with E-state index < -0.39 is 5.60 Å². The van der Waals surface area contributed by atoms with Gasteiger partial charge in [-0.3, -0.25) is 0 Å². The van der Waals surface area contributed by atoms with E-state index in [2.05, 4.69) is 0 Å². The van der Waals surface area contributed by atoms with Crippen molar-refractivity contribution in [2.75, 3.05) is 26.2 Å². The fourth-order valence-electron chi connectivity index (χ4n) is 1.63. The lowest BCUT2D eigenvalue weighted by atomic mass is 10.2. The van der Waals surface area contributed by atoms with Gasteiger partial charge in [0.15, 0.2) is 0 Å². The summed E-state index contributed by atoms with van der Waals surface area (Å²) < 4.78 is 5.29. The number of rotatable bonds is 1. The van der Waals surface area contributed by atoms with Gasteiger partial charge in [-0.15, -0.1) is 0 Å². The Labute approximate surface area is 108 Å². The Balaban J connectivity index is 2.47. The number of carbonyl (C=O) groups excluding carboxylic acids is 1. The number of allylic oxidation sites excluding steroid dienone is 1. The molecule has 0 unspecified atom stereocenters. The van der Waals surface area contributed by atoms with Gasteiger partial charge >= 0.3 is 6.09 Å². The minimum absolute atomic E-state index is 0.301. The summed E-state index contributed by atoms with van der Waals surface area (Å²) >= 11 is 0. The molecule has 0 aromatic rings. The average Bonchev–Trinajstić information content (AvgIpc) is 2.27. The number of piperazine rings is 1. The van der Waals surface area contributed by atoms with Crippen molar-refractivity contribution in [2.24, 2.45) is 5.73 Å². The Kier molecular flexibility index (Phi) is 4.43. The first-order chi connectivity index (χ1) is 8.33. The number of nitrogens with zero attached hydrogens (tertiary/aromatic N) is 3. The molecule has 1 aliphatic heterocycles. The summed E-state index contributed by atoms with van der Waals surface area (Å²) in [7, 11) is 0. The summed E-state index contributed by atoms with van der Waals surface area (Å²) in [4.78, 5) is 15.3. The van der Waals surface area contributed by atoms with Crippen molar-refractivity contribution >= 4 is 6.09 Å². The number of ether oxygens (including phenoxy) is 1. The number of hydrogen-bond donors (Lipinski definition) is 1. The summed E-state index contributed by atoms with van der Waals surface area (Å²) in [6.07, 6.45) is 1.01. The number of carbonyl (C=O) groups is 1. The van der Waals surface area contributed by atoms with Gasteiger partial charge in [0.05, 0.1) is 12.1 Å². The molecule has 0 atom stereocenters. The zero-order valence-corrected chi connectivity index (χ0v) is 11.1. The van der Waals surface area contributed by atoms with Crippen LogP contribution in [0.4, 0.5) is 4.79 Å². The molecule has 1 amide bonds. The van der Waals surface area contributed by atoms with Gasteiger partial charge in [-0.05, 0) is 20.8 Å². The fourth-order valence-corrected chi connectivity index (χ4v) is 1.63. The summed E-state index contributed by atoms with van der Waals surface area (Å²) in [6, 6.07) is 1.90. The lowest BCUT2D eigenvalue weighted by molar-refractivity contribution is 0.0168. The van der Waals surface area contributed by atoms with Crippen molar-refractivity contribution in [1.82, 2.24) is 9.80 Å². The Morgan fingerprint density at radius 2 is 1.78 bits per heavy atom. The van der Waals surface area contributed by atoms with Gasteiger partial charge in [0.2, 0.25) is 0 Å². The van der Waals surface area contributed by atoms with Crippen molar-refractivity contribution in [3.05, 3.63) is 11.9 Å². The highest BCUT2D eigenvalue weighted by molar-refractivity contribution is 5.68. The normalized spacial score (nSPS) is 17.3. The second-order valence-corrected chi connectivity index (χ2v) is 5.15. The van der Waals surface area contributed by atoms with Gasteiger partial charge in [-0.1, -0.05) is 0 Å². The minimum atomic E-state index is -0.478. The van der Waals surface area contributed by atoms with E-state index in [4.69, 9.17) is 15.7 Å². The predicted octanol–water partition coefficient (Wildman–Crippen LogP) is 0.863. The van der Waals surface area contributed by atoms with Crippen molar-refractivity contribution in [2.45, 2.75) is 26.4 Å². The molecule has 1 aliphatic rings. The van der Waals surface area contributed by atoms with Crippen molar-refractivity contribution in [3.63, 3.8) is 0 Å². The van der Waals surface area contributed by atoms with Gasteiger partial charge in [-0.25, -0.2) is 4.79 Å². The van der Waals surface area contributed by atoms with Crippen LogP contribution in [0, 0.1) is 11.3 Å². The predicted molar refractivity (Wildman–Crippen MR) is 67.3 cm³/mol. The molecule has 0 aromatic heterocycles. The molecule has 1 heterocycles. The average molecular weight is 252 g/mol. The van der Waals surface area contributed by atoms with E-state index in [9.17, 15) is 4.79 Å². The third kappa shape index (κ3) is 4.17. The van der Waals surface area contributed by atoms with Gasteiger partial charge in [0.1, 0.15) is 11.4 Å². The van der Waals surface area contributed by atoms with Crippen LogP contribution >= 0.6 is 0 Å². The maximum absolute atomic E-state index is 11.8. The van der Waals surface area contributed by atoms with Gasteiger partial charge < -0.3 is 20.3 Å². The molecule has 0 aromatic carbocycles.